The molecule has 6 nitrogen and oxygen atoms in total. The van der Waals surface area contributed by atoms with E-state index in [1.54, 1.807) is 28.9 Å². The molecule has 0 aliphatic carbocycles. The van der Waals surface area contributed by atoms with Crippen LogP contribution in [0.3, 0.4) is 0 Å². The SMILES string of the molecule is CC1(C)CCCN1CCC(=O)Nc1sc2c(c1-c1nc3cnccc3s1)CCNC2. The Kier molecular flexibility index (Phi) is 5.35. The number of hydrogen-bond acceptors (Lipinski definition) is 7. The number of hydrogen-bond donors (Lipinski definition) is 2. The molecule has 158 valence electrons. The van der Waals surface area contributed by atoms with Gasteiger partial charge in [0.1, 0.15) is 15.5 Å². The van der Waals surface area contributed by atoms with Gasteiger partial charge in [0, 0.05) is 41.7 Å². The fourth-order valence-corrected chi connectivity index (χ4v) is 6.85. The van der Waals surface area contributed by atoms with Crippen LogP contribution in [0.4, 0.5) is 5.00 Å². The second kappa shape index (κ2) is 8.00. The van der Waals surface area contributed by atoms with Gasteiger partial charge >= 0.3 is 0 Å². The minimum absolute atomic E-state index is 0.0910. The molecule has 1 fully saturated rings. The number of likely N-dealkylation sites (tertiary alicyclic amines) is 1. The number of rotatable bonds is 5. The maximum Gasteiger partial charge on any atom is 0.226 e. The van der Waals surface area contributed by atoms with Gasteiger partial charge in [-0.15, -0.1) is 22.7 Å². The van der Waals surface area contributed by atoms with Crippen molar-refractivity contribution in [2.75, 3.05) is 25.0 Å². The summed E-state index contributed by atoms with van der Waals surface area (Å²) in [5, 5.41) is 8.61. The van der Waals surface area contributed by atoms with E-state index >= 15 is 0 Å². The molecule has 0 radical (unpaired) electrons. The highest BCUT2D eigenvalue weighted by molar-refractivity contribution is 7.22. The Morgan fingerprint density at radius 3 is 3.07 bits per heavy atom. The third kappa shape index (κ3) is 3.77. The van der Waals surface area contributed by atoms with E-state index in [4.69, 9.17) is 4.98 Å². The van der Waals surface area contributed by atoms with Crippen LogP contribution in [0.1, 0.15) is 43.6 Å². The summed E-state index contributed by atoms with van der Waals surface area (Å²) in [4.78, 5) is 25.7. The van der Waals surface area contributed by atoms with Gasteiger partial charge in [-0.05, 0) is 57.8 Å². The zero-order valence-electron chi connectivity index (χ0n) is 17.5. The first-order chi connectivity index (χ1) is 14.5. The highest BCUT2D eigenvalue weighted by Gasteiger charge is 2.32. The Balaban J connectivity index is 1.40. The lowest BCUT2D eigenvalue weighted by molar-refractivity contribution is -0.116. The van der Waals surface area contributed by atoms with Crippen LogP contribution in [0.25, 0.3) is 20.8 Å². The average Bonchev–Trinajstić information content (AvgIpc) is 3.39. The van der Waals surface area contributed by atoms with Crippen LogP contribution in [0, 0.1) is 0 Å². The zero-order chi connectivity index (χ0) is 20.7. The van der Waals surface area contributed by atoms with Gasteiger partial charge in [-0.2, -0.15) is 0 Å². The van der Waals surface area contributed by atoms with E-state index in [2.05, 4.69) is 34.4 Å². The molecule has 2 aliphatic rings. The number of amides is 1. The summed E-state index contributed by atoms with van der Waals surface area (Å²) < 4.78 is 1.13. The highest BCUT2D eigenvalue weighted by atomic mass is 32.1. The van der Waals surface area contributed by atoms with Crippen LogP contribution in [0.2, 0.25) is 0 Å². The van der Waals surface area contributed by atoms with Gasteiger partial charge in [-0.3, -0.25) is 14.7 Å². The smallest absolute Gasteiger partial charge is 0.226 e. The van der Waals surface area contributed by atoms with Crippen molar-refractivity contribution in [2.45, 2.75) is 51.6 Å². The molecular formula is C22H27N5OS2. The van der Waals surface area contributed by atoms with Crippen LogP contribution in [-0.4, -0.2) is 45.9 Å². The normalized spacial score (nSPS) is 18.6. The monoisotopic (exact) mass is 441 g/mol. The number of nitrogens with zero attached hydrogens (tertiary/aromatic N) is 3. The van der Waals surface area contributed by atoms with Gasteiger partial charge in [0.2, 0.25) is 5.91 Å². The molecule has 3 aromatic rings. The fourth-order valence-electron chi connectivity index (χ4n) is 4.54. The molecule has 1 amide bonds. The first kappa shape index (κ1) is 20.1. The molecule has 0 atom stereocenters. The van der Waals surface area contributed by atoms with Crippen molar-refractivity contribution < 1.29 is 4.79 Å². The Hall–Kier alpha value is -1.87. The van der Waals surface area contributed by atoms with E-state index in [0.29, 0.717) is 6.42 Å². The van der Waals surface area contributed by atoms with Crippen molar-refractivity contribution in [3.63, 3.8) is 0 Å². The number of aromatic nitrogens is 2. The lowest BCUT2D eigenvalue weighted by atomic mass is 10.0. The van der Waals surface area contributed by atoms with E-state index < -0.39 is 0 Å². The van der Waals surface area contributed by atoms with E-state index in [1.807, 2.05) is 12.3 Å². The second-order valence-electron chi connectivity index (χ2n) is 8.70. The topological polar surface area (TPSA) is 70.2 Å². The quantitative estimate of drug-likeness (QED) is 0.619. The molecule has 3 aromatic heterocycles. The predicted molar refractivity (Wildman–Crippen MR) is 124 cm³/mol. The van der Waals surface area contributed by atoms with Gasteiger partial charge < -0.3 is 10.6 Å². The molecule has 0 bridgehead atoms. The van der Waals surface area contributed by atoms with Crippen LogP contribution in [-0.2, 0) is 17.8 Å². The molecule has 1 saturated heterocycles. The fraction of sp³-hybridized carbons (Fsp3) is 0.500. The largest absolute Gasteiger partial charge is 0.317 e. The maximum absolute atomic E-state index is 12.9. The summed E-state index contributed by atoms with van der Waals surface area (Å²) in [5.74, 6) is 0.0910. The number of nitrogens with one attached hydrogen (secondary N) is 2. The van der Waals surface area contributed by atoms with Gasteiger partial charge in [-0.25, -0.2) is 4.98 Å². The number of anilines is 1. The van der Waals surface area contributed by atoms with Crippen molar-refractivity contribution in [2.24, 2.45) is 0 Å². The minimum atomic E-state index is 0.0910. The van der Waals surface area contributed by atoms with Crippen LogP contribution in [0.15, 0.2) is 18.5 Å². The summed E-state index contributed by atoms with van der Waals surface area (Å²) >= 11 is 3.37. The molecule has 2 N–H and O–H groups in total. The molecule has 2 aliphatic heterocycles. The molecule has 8 heteroatoms. The molecule has 0 spiro atoms. The van der Waals surface area contributed by atoms with Gasteiger partial charge in [-0.1, -0.05) is 0 Å². The van der Waals surface area contributed by atoms with Crippen molar-refractivity contribution >= 4 is 43.8 Å². The van der Waals surface area contributed by atoms with E-state index in [1.165, 1.54) is 23.3 Å². The Labute approximate surface area is 184 Å². The van der Waals surface area contributed by atoms with Crippen molar-refractivity contribution in [1.29, 1.82) is 0 Å². The van der Waals surface area contributed by atoms with Crippen molar-refractivity contribution in [3.8, 4) is 10.6 Å². The van der Waals surface area contributed by atoms with Gasteiger partial charge in [0.25, 0.3) is 0 Å². The summed E-state index contributed by atoms with van der Waals surface area (Å²) in [7, 11) is 0. The number of thiophene rings is 1. The van der Waals surface area contributed by atoms with Gasteiger partial charge in [0.15, 0.2) is 0 Å². The molecule has 5 heterocycles. The maximum atomic E-state index is 12.9. The molecule has 5 rings (SSSR count). The number of carbonyl (C=O) groups is 1. The lowest BCUT2D eigenvalue weighted by Gasteiger charge is -2.31. The molecule has 30 heavy (non-hydrogen) atoms. The standard InChI is InChI=1S/C22H27N5OS2/c1-22(2)7-3-10-27(22)11-6-18(28)26-21-19(14-4-8-24-13-17(14)30-21)20-25-15-12-23-9-5-16(15)29-20/h5,9,12,24H,3-4,6-8,10-11,13H2,1-2H3,(H,26,28). The minimum Gasteiger partial charge on any atom is -0.317 e. The number of pyridine rings is 1. The zero-order valence-corrected chi connectivity index (χ0v) is 19.1. The summed E-state index contributed by atoms with van der Waals surface area (Å²) in [6.07, 6.45) is 7.53. The Morgan fingerprint density at radius 1 is 1.37 bits per heavy atom. The first-order valence-corrected chi connectivity index (χ1v) is 12.3. The Morgan fingerprint density at radius 2 is 2.27 bits per heavy atom. The van der Waals surface area contributed by atoms with Crippen LogP contribution >= 0.6 is 22.7 Å². The number of carbonyl (C=O) groups excluding carboxylic acids is 1. The highest BCUT2D eigenvalue weighted by Crippen LogP contribution is 2.44. The second-order valence-corrected chi connectivity index (χ2v) is 10.8. The lowest BCUT2D eigenvalue weighted by Crippen LogP contribution is -2.39. The van der Waals surface area contributed by atoms with Crippen LogP contribution < -0.4 is 10.6 Å². The van der Waals surface area contributed by atoms with E-state index in [0.717, 1.165) is 58.4 Å². The van der Waals surface area contributed by atoms with Crippen molar-refractivity contribution in [1.82, 2.24) is 20.2 Å². The van der Waals surface area contributed by atoms with Gasteiger partial charge in [0.05, 0.1) is 10.9 Å². The third-order valence-corrected chi connectivity index (χ3v) is 8.47. The molecule has 0 aromatic carbocycles. The first-order valence-electron chi connectivity index (χ1n) is 10.6. The molecule has 0 unspecified atom stereocenters. The Bertz CT molecular complexity index is 1050. The van der Waals surface area contributed by atoms with Crippen molar-refractivity contribution in [3.05, 3.63) is 28.9 Å². The summed E-state index contributed by atoms with van der Waals surface area (Å²) in [6.45, 7) is 8.27. The molecular weight excluding hydrogens is 414 g/mol. The average molecular weight is 442 g/mol. The van der Waals surface area contributed by atoms with Crippen LogP contribution in [0.5, 0.6) is 0 Å². The number of thiazole rings is 1. The molecule has 0 saturated carbocycles. The predicted octanol–water partition coefficient (Wildman–Crippen LogP) is 4.27. The third-order valence-electron chi connectivity index (χ3n) is 6.27. The van der Waals surface area contributed by atoms with E-state index in [9.17, 15) is 4.79 Å². The number of fused-ring (bicyclic) bond motifs is 2. The van der Waals surface area contributed by atoms with E-state index in [-0.39, 0.29) is 11.4 Å². The summed E-state index contributed by atoms with van der Waals surface area (Å²) in [5.41, 5.74) is 3.57. The summed E-state index contributed by atoms with van der Waals surface area (Å²) in [6, 6.07) is 2.01.